The summed E-state index contributed by atoms with van der Waals surface area (Å²) in [5.74, 6) is -0.307. The van der Waals surface area contributed by atoms with E-state index in [1.54, 1.807) is 0 Å². The quantitative estimate of drug-likeness (QED) is 0.850. The molecule has 0 aromatic heterocycles. The zero-order chi connectivity index (χ0) is 17.5. The van der Waals surface area contributed by atoms with Gasteiger partial charge in [0.05, 0.1) is 24.6 Å². The minimum Gasteiger partial charge on any atom is -0.378 e. The molecule has 1 N–H and O–H groups in total. The second kappa shape index (κ2) is 8.85. The molecule has 0 spiro atoms. The number of rotatable bonds is 4. The van der Waals surface area contributed by atoms with Crippen LogP contribution in [0.25, 0.3) is 0 Å². The van der Waals surface area contributed by atoms with E-state index in [4.69, 9.17) is 4.74 Å². The summed E-state index contributed by atoms with van der Waals surface area (Å²) in [5.41, 5.74) is 1.75. The Bertz CT molecular complexity index is 591. The number of likely N-dealkylation sites (tertiary alicyclic amines) is 1. The van der Waals surface area contributed by atoms with Crippen LogP contribution in [-0.2, 0) is 14.3 Å². The van der Waals surface area contributed by atoms with Crippen LogP contribution in [0.1, 0.15) is 32.1 Å². The maximum absolute atomic E-state index is 12.4. The van der Waals surface area contributed by atoms with Crippen LogP contribution in [0, 0.1) is 0 Å². The van der Waals surface area contributed by atoms with Crippen LogP contribution in [-0.4, -0.2) is 56.1 Å². The molecule has 6 heteroatoms. The number of para-hydroxylation sites is 2. The first-order chi connectivity index (χ1) is 12.2. The highest BCUT2D eigenvalue weighted by Crippen LogP contribution is 2.26. The van der Waals surface area contributed by atoms with Crippen molar-refractivity contribution < 1.29 is 14.3 Å². The van der Waals surface area contributed by atoms with E-state index >= 15 is 0 Å². The topological polar surface area (TPSA) is 61.9 Å². The van der Waals surface area contributed by atoms with E-state index in [9.17, 15) is 9.59 Å². The smallest absolute Gasteiger partial charge is 0.233 e. The van der Waals surface area contributed by atoms with Crippen molar-refractivity contribution in [2.45, 2.75) is 32.1 Å². The average Bonchev–Trinajstić information content (AvgIpc) is 2.92. The normalized spacial score (nSPS) is 18.6. The molecule has 2 fully saturated rings. The molecule has 6 nitrogen and oxygen atoms in total. The Morgan fingerprint density at radius 1 is 0.960 bits per heavy atom. The van der Waals surface area contributed by atoms with E-state index in [1.807, 2.05) is 29.2 Å². The van der Waals surface area contributed by atoms with E-state index in [0.717, 1.165) is 50.4 Å². The fraction of sp³-hybridized carbons (Fsp3) is 0.579. The molecule has 3 rings (SSSR count). The summed E-state index contributed by atoms with van der Waals surface area (Å²) in [6.45, 7) is 4.54. The maximum atomic E-state index is 12.4. The largest absolute Gasteiger partial charge is 0.378 e. The molecule has 0 bridgehead atoms. The summed E-state index contributed by atoms with van der Waals surface area (Å²) in [5, 5.41) is 2.92. The lowest BCUT2D eigenvalue weighted by Gasteiger charge is -2.30. The number of nitrogens with one attached hydrogen (secondary N) is 1. The van der Waals surface area contributed by atoms with Crippen molar-refractivity contribution in [1.29, 1.82) is 0 Å². The van der Waals surface area contributed by atoms with Crippen molar-refractivity contribution in [3.8, 4) is 0 Å². The molecular formula is C19H27N3O3. The number of carbonyl (C=O) groups excluding carboxylic acids is 2. The Hall–Kier alpha value is -2.08. The summed E-state index contributed by atoms with van der Waals surface area (Å²) in [4.78, 5) is 28.8. The predicted octanol–water partition coefficient (Wildman–Crippen LogP) is 2.25. The Morgan fingerprint density at radius 3 is 2.36 bits per heavy atom. The Labute approximate surface area is 149 Å². The average molecular weight is 345 g/mol. The van der Waals surface area contributed by atoms with Gasteiger partial charge >= 0.3 is 0 Å². The van der Waals surface area contributed by atoms with Gasteiger partial charge in [0.15, 0.2) is 0 Å². The predicted molar refractivity (Wildman–Crippen MR) is 97.8 cm³/mol. The van der Waals surface area contributed by atoms with E-state index < -0.39 is 0 Å². The van der Waals surface area contributed by atoms with Gasteiger partial charge in [0, 0.05) is 26.2 Å². The molecule has 25 heavy (non-hydrogen) atoms. The molecule has 2 heterocycles. The number of nitrogens with zero attached hydrogens (tertiary/aromatic N) is 2. The Kier molecular flexibility index (Phi) is 6.28. The third-order valence-electron chi connectivity index (χ3n) is 4.80. The zero-order valence-corrected chi connectivity index (χ0v) is 14.7. The first-order valence-electron chi connectivity index (χ1n) is 9.23. The Balaban J connectivity index is 1.59. The molecule has 0 radical (unpaired) electrons. The van der Waals surface area contributed by atoms with Gasteiger partial charge in [-0.25, -0.2) is 0 Å². The lowest BCUT2D eigenvalue weighted by atomic mass is 10.2. The summed E-state index contributed by atoms with van der Waals surface area (Å²) >= 11 is 0. The minimum atomic E-state index is -0.241. The number of hydrogen-bond donors (Lipinski definition) is 1. The molecule has 2 aliphatic heterocycles. The molecule has 136 valence electrons. The number of ether oxygens (including phenoxy) is 1. The molecule has 2 saturated heterocycles. The van der Waals surface area contributed by atoms with Crippen molar-refractivity contribution in [2.75, 3.05) is 49.6 Å². The molecule has 0 atom stereocenters. The molecule has 0 unspecified atom stereocenters. The third kappa shape index (κ3) is 4.95. The molecule has 0 aliphatic carbocycles. The summed E-state index contributed by atoms with van der Waals surface area (Å²) in [6, 6.07) is 7.75. The van der Waals surface area contributed by atoms with Gasteiger partial charge in [0.2, 0.25) is 11.8 Å². The van der Waals surface area contributed by atoms with Crippen molar-refractivity contribution >= 4 is 23.2 Å². The number of carbonyl (C=O) groups is 2. The van der Waals surface area contributed by atoms with E-state index in [1.165, 1.54) is 12.8 Å². The first kappa shape index (κ1) is 17.7. The van der Waals surface area contributed by atoms with Gasteiger partial charge < -0.3 is 19.9 Å². The second-order valence-electron chi connectivity index (χ2n) is 6.64. The van der Waals surface area contributed by atoms with Crippen LogP contribution in [0.4, 0.5) is 11.4 Å². The van der Waals surface area contributed by atoms with Gasteiger partial charge in [-0.2, -0.15) is 0 Å². The van der Waals surface area contributed by atoms with Gasteiger partial charge in [-0.05, 0) is 25.0 Å². The number of amides is 2. The van der Waals surface area contributed by atoms with Crippen LogP contribution in [0.15, 0.2) is 24.3 Å². The van der Waals surface area contributed by atoms with E-state index in [2.05, 4.69) is 10.2 Å². The highest BCUT2D eigenvalue weighted by atomic mass is 16.5. The monoisotopic (exact) mass is 345 g/mol. The van der Waals surface area contributed by atoms with E-state index in [-0.39, 0.29) is 18.2 Å². The number of benzene rings is 1. The number of morpholine rings is 1. The van der Waals surface area contributed by atoms with Crippen molar-refractivity contribution in [2.24, 2.45) is 0 Å². The van der Waals surface area contributed by atoms with Crippen molar-refractivity contribution in [3.63, 3.8) is 0 Å². The number of anilines is 2. The summed E-state index contributed by atoms with van der Waals surface area (Å²) < 4.78 is 5.39. The van der Waals surface area contributed by atoms with E-state index in [0.29, 0.717) is 13.2 Å². The SMILES string of the molecule is O=C(CC(=O)N1CCCCCC1)Nc1ccccc1N1CCOCC1. The van der Waals surface area contributed by atoms with Crippen LogP contribution < -0.4 is 10.2 Å². The highest BCUT2D eigenvalue weighted by molar-refractivity contribution is 6.04. The van der Waals surface area contributed by atoms with Gasteiger partial charge in [-0.1, -0.05) is 25.0 Å². The highest BCUT2D eigenvalue weighted by Gasteiger charge is 2.20. The van der Waals surface area contributed by atoms with Gasteiger partial charge in [0.1, 0.15) is 6.42 Å². The van der Waals surface area contributed by atoms with Crippen LogP contribution >= 0.6 is 0 Å². The minimum absolute atomic E-state index is 0.0664. The molecular weight excluding hydrogens is 318 g/mol. The molecule has 1 aromatic rings. The summed E-state index contributed by atoms with van der Waals surface area (Å²) in [7, 11) is 0. The van der Waals surface area contributed by atoms with Crippen LogP contribution in [0.5, 0.6) is 0 Å². The Morgan fingerprint density at radius 2 is 1.64 bits per heavy atom. The fourth-order valence-electron chi connectivity index (χ4n) is 3.42. The lowest BCUT2D eigenvalue weighted by molar-refractivity contribution is -0.134. The molecule has 1 aromatic carbocycles. The molecule has 2 amide bonds. The molecule has 0 saturated carbocycles. The van der Waals surface area contributed by atoms with Gasteiger partial charge in [0.25, 0.3) is 0 Å². The zero-order valence-electron chi connectivity index (χ0n) is 14.7. The fourth-order valence-corrected chi connectivity index (χ4v) is 3.42. The molecule has 2 aliphatic rings. The summed E-state index contributed by atoms with van der Waals surface area (Å²) in [6.07, 6.45) is 4.32. The van der Waals surface area contributed by atoms with Crippen molar-refractivity contribution in [3.05, 3.63) is 24.3 Å². The standard InChI is InChI=1S/C19H27N3O3/c23-18(15-19(24)22-9-5-1-2-6-10-22)20-16-7-3-4-8-17(16)21-11-13-25-14-12-21/h3-4,7-8H,1-2,5-6,9-15H2,(H,20,23). The maximum Gasteiger partial charge on any atom is 0.233 e. The third-order valence-corrected chi connectivity index (χ3v) is 4.80. The second-order valence-corrected chi connectivity index (χ2v) is 6.64. The van der Waals surface area contributed by atoms with Crippen molar-refractivity contribution in [1.82, 2.24) is 4.90 Å². The first-order valence-corrected chi connectivity index (χ1v) is 9.23. The van der Waals surface area contributed by atoms with Crippen LogP contribution in [0.3, 0.4) is 0 Å². The van der Waals surface area contributed by atoms with Crippen LogP contribution in [0.2, 0.25) is 0 Å². The lowest BCUT2D eigenvalue weighted by Crippen LogP contribution is -2.37. The van der Waals surface area contributed by atoms with Gasteiger partial charge in [-0.3, -0.25) is 9.59 Å². The van der Waals surface area contributed by atoms with Gasteiger partial charge in [-0.15, -0.1) is 0 Å². The number of hydrogen-bond acceptors (Lipinski definition) is 4.